The molecule has 0 aromatic heterocycles. The van der Waals surface area contributed by atoms with Crippen LogP contribution in [0.3, 0.4) is 0 Å². The number of hydrogen-bond donors (Lipinski definition) is 0. The lowest BCUT2D eigenvalue weighted by molar-refractivity contribution is -0.146. The third-order valence-corrected chi connectivity index (χ3v) is 7.43. The molecule has 0 spiro atoms. The van der Waals surface area contributed by atoms with Crippen LogP contribution in [-0.2, 0) is 25.3 Å². The molecular formula is C20H28N2O5S. The predicted octanol–water partition coefficient (Wildman–Crippen LogP) is 2.03. The van der Waals surface area contributed by atoms with Crippen molar-refractivity contribution >= 4 is 21.9 Å². The first-order valence-corrected chi connectivity index (χ1v) is 11.5. The van der Waals surface area contributed by atoms with Crippen LogP contribution in [0.4, 0.5) is 0 Å². The van der Waals surface area contributed by atoms with E-state index in [0.717, 1.165) is 19.3 Å². The molecule has 0 saturated carbocycles. The summed E-state index contributed by atoms with van der Waals surface area (Å²) in [5, 5.41) is 0. The monoisotopic (exact) mass is 408 g/mol. The number of piperidine rings is 2. The number of sulfonamides is 1. The Labute approximate surface area is 166 Å². The molecule has 2 aliphatic rings. The fraction of sp³-hybridized carbons (Fsp3) is 0.600. The van der Waals surface area contributed by atoms with Crippen molar-refractivity contribution in [3.05, 3.63) is 35.4 Å². The molecule has 2 heterocycles. The van der Waals surface area contributed by atoms with Gasteiger partial charge in [-0.3, -0.25) is 9.59 Å². The van der Waals surface area contributed by atoms with Crippen LogP contribution in [0.15, 0.2) is 24.3 Å². The summed E-state index contributed by atoms with van der Waals surface area (Å²) in [5.74, 6) is -0.483. The number of rotatable bonds is 5. The van der Waals surface area contributed by atoms with Crippen LogP contribution in [0.1, 0.15) is 48.0 Å². The summed E-state index contributed by atoms with van der Waals surface area (Å²) in [5.41, 5.74) is 1.22. The number of amides is 1. The zero-order valence-corrected chi connectivity index (χ0v) is 17.1. The Morgan fingerprint density at radius 1 is 1.00 bits per heavy atom. The van der Waals surface area contributed by atoms with Crippen LogP contribution >= 0.6 is 0 Å². The number of benzene rings is 1. The number of likely N-dealkylation sites (tertiary alicyclic amines) is 1. The molecule has 154 valence electrons. The normalized spacial score (nSPS) is 19.4. The Morgan fingerprint density at radius 3 is 2.18 bits per heavy atom. The van der Waals surface area contributed by atoms with E-state index in [0.29, 0.717) is 50.1 Å². The summed E-state index contributed by atoms with van der Waals surface area (Å²) in [6.07, 6.45) is 4.12. The number of carbonyl (C=O) groups excluding carboxylic acids is 2. The highest BCUT2D eigenvalue weighted by molar-refractivity contribution is 7.88. The first-order valence-electron chi connectivity index (χ1n) is 9.84. The van der Waals surface area contributed by atoms with E-state index >= 15 is 0 Å². The molecule has 2 aliphatic heterocycles. The lowest BCUT2D eigenvalue weighted by Gasteiger charge is -2.30. The standard InChI is InChI=1S/C20H28N2O5S/c1-27-20(24)18-9-13-21(14-10-18)19(23)17-7-5-16(6-8-17)15-28(25,26)22-11-3-2-4-12-22/h5-8,18H,2-4,9-15H2,1H3. The van der Waals surface area contributed by atoms with Gasteiger partial charge in [-0.15, -0.1) is 0 Å². The van der Waals surface area contributed by atoms with E-state index in [1.54, 1.807) is 33.5 Å². The van der Waals surface area contributed by atoms with Gasteiger partial charge in [-0.2, -0.15) is 0 Å². The molecule has 1 aromatic carbocycles. The molecule has 2 saturated heterocycles. The van der Waals surface area contributed by atoms with Crippen molar-refractivity contribution in [3.8, 4) is 0 Å². The number of nitrogens with zero attached hydrogens (tertiary/aromatic N) is 2. The molecule has 0 unspecified atom stereocenters. The topological polar surface area (TPSA) is 84.0 Å². The third kappa shape index (κ3) is 4.91. The summed E-state index contributed by atoms with van der Waals surface area (Å²) in [4.78, 5) is 26.0. The van der Waals surface area contributed by atoms with E-state index in [-0.39, 0.29) is 23.5 Å². The Morgan fingerprint density at radius 2 is 1.61 bits per heavy atom. The van der Waals surface area contributed by atoms with Crippen molar-refractivity contribution in [2.24, 2.45) is 5.92 Å². The molecule has 1 amide bonds. The Balaban J connectivity index is 1.58. The number of carbonyl (C=O) groups is 2. The van der Waals surface area contributed by atoms with Crippen LogP contribution in [0.5, 0.6) is 0 Å². The summed E-state index contributed by atoms with van der Waals surface area (Å²) < 4.78 is 31.4. The SMILES string of the molecule is COC(=O)C1CCN(C(=O)c2ccc(CS(=O)(=O)N3CCCCC3)cc2)CC1. The third-order valence-electron chi connectivity index (χ3n) is 5.58. The van der Waals surface area contributed by atoms with Gasteiger partial charge in [-0.1, -0.05) is 18.6 Å². The zero-order chi connectivity index (χ0) is 20.1. The summed E-state index contributed by atoms with van der Waals surface area (Å²) in [6, 6.07) is 6.82. The van der Waals surface area contributed by atoms with Gasteiger partial charge in [0.25, 0.3) is 5.91 Å². The minimum Gasteiger partial charge on any atom is -0.469 e. The molecule has 3 rings (SSSR count). The average molecular weight is 409 g/mol. The molecule has 0 N–H and O–H groups in total. The number of hydrogen-bond acceptors (Lipinski definition) is 5. The Bertz CT molecular complexity index is 792. The molecule has 0 bridgehead atoms. The van der Waals surface area contributed by atoms with E-state index in [2.05, 4.69) is 0 Å². The molecule has 2 fully saturated rings. The highest BCUT2D eigenvalue weighted by Gasteiger charge is 2.28. The van der Waals surface area contributed by atoms with E-state index in [1.807, 2.05) is 0 Å². The van der Waals surface area contributed by atoms with Gasteiger partial charge in [0.05, 0.1) is 18.8 Å². The van der Waals surface area contributed by atoms with Gasteiger partial charge in [0.2, 0.25) is 10.0 Å². The highest BCUT2D eigenvalue weighted by Crippen LogP contribution is 2.21. The van der Waals surface area contributed by atoms with Crippen molar-refractivity contribution in [1.82, 2.24) is 9.21 Å². The van der Waals surface area contributed by atoms with Crippen LogP contribution in [0, 0.1) is 5.92 Å². The highest BCUT2D eigenvalue weighted by atomic mass is 32.2. The minimum atomic E-state index is -3.31. The molecule has 0 radical (unpaired) electrons. The first-order chi connectivity index (χ1) is 13.4. The largest absolute Gasteiger partial charge is 0.469 e. The first kappa shape index (κ1) is 20.8. The molecule has 0 atom stereocenters. The number of methoxy groups -OCH3 is 1. The van der Waals surface area contributed by atoms with Crippen molar-refractivity contribution in [1.29, 1.82) is 0 Å². The fourth-order valence-electron chi connectivity index (χ4n) is 3.86. The predicted molar refractivity (Wildman–Crippen MR) is 105 cm³/mol. The molecular weight excluding hydrogens is 380 g/mol. The summed E-state index contributed by atoms with van der Waals surface area (Å²) in [7, 11) is -1.93. The van der Waals surface area contributed by atoms with Crippen LogP contribution in [-0.4, -0.2) is 62.8 Å². The van der Waals surface area contributed by atoms with E-state index in [9.17, 15) is 18.0 Å². The van der Waals surface area contributed by atoms with E-state index in [4.69, 9.17) is 4.74 Å². The minimum absolute atomic E-state index is 0.0357. The van der Waals surface area contributed by atoms with Crippen molar-refractivity contribution in [2.75, 3.05) is 33.3 Å². The van der Waals surface area contributed by atoms with Gasteiger partial charge >= 0.3 is 5.97 Å². The maximum absolute atomic E-state index is 12.7. The lowest BCUT2D eigenvalue weighted by atomic mass is 9.96. The second kappa shape index (κ2) is 9.05. The molecule has 28 heavy (non-hydrogen) atoms. The van der Waals surface area contributed by atoms with Gasteiger partial charge in [0, 0.05) is 31.7 Å². The second-order valence-electron chi connectivity index (χ2n) is 7.50. The Kier molecular flexibility index (Phi) is 6.72. The second-order valence-corrected chi connectivity index (χ2v) is 9.47. The van der Waals surface area contributed by atoms with Crippen LogP contribution in [0.2, 0.25) is 0 Å². The quantitative estimate of drug-likeness (QED) is 0.696. The maximum Gasteiger partial charge on any atom is 0.308 e. The zero-order valence-electron chi connectivity index (χ0n) is 16.3. The molecule has 7 nitrogen and oxygen atoms in total. The summed E-state index contributed by atoms with van der Waals surface area (Å²) in [6.45, 7) is 2.23. The Hall–Kier alpha value is -1.93. The van der Waals surface area contributed by atoms with Crippen molar-refractivity contribution in [3.63, 3.8) is 0 Å². The van der Waals surface area contributed by atoms with Crippen LogP contribution in [0.25, 0.3) is 0 Å². The average Bonchev–Trinajstić information content (AvgIpc) is 2.74. The van der Waals surface area contributed by atoms with E-state index in [1.165, 1.54) is 7.11 Å². The maximum atomic E-state index is 12.7. The number of ether oxygens (including phenoxy) is 1. The van der Waals surface area contributed by atoms with Gasteiger partial charge in [0.1, 0.15) is 0 Å². The van der Waals surface area contributed by atoms with Gasteiger partial charge in [0.15, 0.2) is 0 Å². The van der Waals surface area contributed by atoms with Gasteiger partial charge < -0.3 is 9.64 Å². The van der Waals surface area contributed by atoms with Crippen LogP contribution < -0.4 is 0 Å². The van der Waals surface area contributed by atoms with Gasteiger partial charge in [-0.05, 0) is 43.4 Å². The van der Waals surface area contributed by atoms with Gasteiger partial charge in [-0.25, -0.2) is 12.7 Å². The van der Waals surface area contributed by atoms with Crippen molar-refractivity contribution < 1.29 is 22.7 Å². The smallest absolute Gasteiger partial charge is 0.308 e. The molecule has 8 heteroatoms. The molecule has 0 aliphatic carbocycles. The van der Waals surface area contributed by atoms with E-state index < -0.39 is 10.0 Å². The number of esters is 1. The van der Waals surface area contributed by atoms with Crippen molar-refractivity contribution in [2.45, 2.75) is 37.9 Å². The molecule has 1 aromatic rings. The fourth-order valence-corrected chi connectivity index (χ4v) is 5.47. The summed E-state index contributed by atoms with van der Waals surface area (Å²) >= 11 is 0. The lowest BCUT2D eigenvalue weighted by Crippen LogP contribution is -2.40.